The van der Waals surface area contributed by atoms with Crippen molar-refractivity contribution in [1.82, 2.24) is 10.6 Å². The van der Waals surface area contributed by atoms with Crippen LogP contribution in [0.5, 0.6) is 0 Å². The molecule has 32 heavy (non-hydrogen) atoms. The van der Waals surface area contributed by atoms with E-state index in [0.717, 1.165) is 12.1 Å². The minimum atomic E-state index is -1.63. The van der Waals surface area contributed by atoms with E-state index in [2.05, 4.69) is 10.6 Å². The number of aliphatic carboxylic acids is 1. The highest BCUT2D eigenvalue weighted by Gasteiger charge is 2.55. The molecule has 0 saturated carbocycles. The second-order valence-corrected chi connectivity index (χ2v) is 8.36. The molecule has 2 atom stereocenters. The summed E-state index contributed by atoms with van der Waals surface area (Å²) in [6.07, 6.45) is -0.131. The predicted molar refractivity (Wildman–Crippen MR) is 113 cm³/mol. The molecule has 1 aliphatic heterocycles. The SMILES string of the molecule is CCC1(CC(=O)O)OB([C@H](CC(C)C)NC(=O)CNC(=O)c2cc(Cl)ccc2F)OC1=O. The highest BCUT2D eigenvalue weighted by Crippen LogP contribution is 2.32. The lowest BCUT2D eigenvalue weighted by atomic mass is 9.74. The fourth-order valence-corrected chi connectivity index (χ4v) is 3.49. The standard InChI is InChI=1S/C20H25BClFN2O7/c1-4-20(9-17(27)28)19(30)31-21(32-20)15(7-11(2)3)25-16(26)10-24-18(29)13-8-12(22)5-6-14(13)23/h5-6,8,11,15H,4,7,9-10H2,1-3H3,(H,24,29)(H,25,26)(H,27,28)/t15-,20?/m0/s1. The van der Waals surface area contributed by atoms with E-state index < -0.39 is 61.2 Å². The van der Waals surface area contributed by atoms with Crippen LogP contribution in [0.2, 0.25) is 5.02 Å². The van der Waals surface area contributed by atoms with E-state index in [9.17, 15) is 23.6 Å². The summed E-state index contributed by atoms with van der Waals surface area (Å²) in [7, 11) is -1.19. The van der Waals surface area contributed by atoms with Gasteiger partial charge in [-0.05, 0) is 37.0 Å². The molecule has 2 amide bonds. The average molecular weight is 471 g/mol. The Bertz CT molecular complexity index is 901. The maximum absolute atomic E-state index is 13.8. The van der Waals surface area contributed by atoms with Crippen LogP contribution >= 0.6 is 11.6 Å². The average Bonchev–Trinajstić information content (AvgIpc) is 3.03. The summed E-state index contributed by atoms with van der Waals surface area (Å²) in [4.78, 5) is 48.1. The van der Waals surface area contributed by atoms with Crippen LogP contribution in [0.25, 0.3) is 0 Å². The van der Waals surface area contributed by atoms with E-state index >= 15 is 0 Å². The van der Waals surface area contributed by atoms with Gasteiger partial charge in [0.1, 0.15) is 5.82 Å². The zero-order valence-corrected chi connectivity index (χ0v) is 18.7. The second kappa shape index (κ2) is 10.8. The minimum Gasteiger partial charge on any atom is -0.506 e. The van der Waals surface area contributed by atoms with Crippen LogP contribution in [0.15, 0.2) is 18.2 Å². The molecule has 174 valence electrons. The molecule has 0 aromatic heterocycles. The monoisotopic (exact) mass is 470 g/mol. The molecule has 3 N–H and O–H groups in total. The third-order valence-corrected chi connectivity index (χ3v) is 5.16. The van der Waals surface area contributed by atoms with Crippen molar-refractivity contribution in [2.75, 3.05) is 6.54 Å². The van der Waals surface area contributed by atoms with Crippen LogP contribution in [0.4, 0.5) is 4.39 Å². The van der Waals surface area contributed by atoms with Crippen LogP contribution < -0.4 is 10.6 Å². The summed E-state index contributed by atoms with van der Waals surface area (Å²) in [5.41, 5.74) is -1.94. The first kappa shape index (κ1) is 25.6. The molecule has 0 bridgehead atoms. The fourth-order valence-electron chi connectivity index (χ4n) is 3.31. The lowest BCUT2D eigenvalue weighted by Gasteiger charge is -2.24. The number of carbonyl (C=O) groups is 4. The van der Waals surface area contributed by atoms with Crippen LogP contribution in [0.1, 0.15) is 50.4 Å². The van der Waals surface area contributed by atoms with E-state index in [-0.39, 0.29) is 22.9 Å². The van der Waals surface area contributed by atoms with Crippen molar-refractivity contribution in [2.45, 2.75) is 51.6 Å². The number of carboxylic acids is 1. The van der Waals surface area contributed by atoms with Gasteiger partial charge in [0, 0.05) is 5.02 Å². The number of carboxylic acid groups (broad SMARTS) is 1. The first-order valence-corrected chi connectivity index (χ1v) is 10.5. The Labute approximate surface area is 190 Å². The van der Waals surface area contributed by atoms with Gasteiger partial charge in [-0.1, -0.05) is 32.4 Å². The van der Waals surface area contributed by atoms with Crippen molar-refractivity contribution in [3.05, 3.63) is 34.6 Å². The highest BCUT2D eigenvalue weighted by atomic mass is 35.5. The first-order valence-electron chi connectivity index (χ1n) is 10.1. The number of rotatable bonds is 10. The van der Waals surface area contributed by atoms with Crippen molar-refractivity contribution < 1.29 is 38.0 Å². The Morgan fingerprint density at radius 2 is 2.00 bits per heavy atom. The summed E-state index contributed by atoms with van der Waals surface area (Å²) in [5, 5.41) is 14.2. The molecule has 0 aliphatic carbocycles. The maximum atomic E-state index is 13.8. The number of amides is 2. The molecular formula is C20H25BClFN2O7. The lowest BCUT2D eigenvalue weighted by Crippen LogP contribution is -2.51. The Balaban J connectivity index is 2.05. The maximum Gasteiger partial charge on any atom is 0.552 e. The van der Waals surface area contributed by atoms with Crippen molar-refractivity contribution in [3.63, 3.8) is 0 Å². The van der Waals surface area contributed by atoms with Gasteiger partial charge in [-0.15, -0.1) is 0 Å². The predicted octanol–water partition coefficient (Wildman–Crippen LogP) is 1.96. The smallest absolute Gasteiger partial charge is 0.506 e. The summed E-state index contributed by atoms with van der Waals surface area (Å²) >= 11 is 5.77. The molecule has 1 heterocycles. The topological polar surface area (TPSA) is 131 Å². The lowest BCUT2D eigenvalue weighted by molar-refractivity contribution is -0.152. The summed E-state index contributed by atoms with van der Waals surface area (Å²) in [5.74, 6) is -4.98. The summed E-state index contributed by atoms with van der Waals surface area (Å²) in [6.45, 7) is 4.88. The van der Waals surface area contributed by atoms with Crippen LogP contribution in [0.3, 0.4) is 0 Å². The van der Waals surface area contributed by atoms with Gasteiger partial charge < -0.3 is 25.0 Å². The Morgan fingerprint density at radius 1 is 1.31 bits per heavy atom. The third kappa shape index (κ3) is 6.43. The van der Waals surface area contributed by atoms with E-state index in [1.807, 2.05) is 13.8 Å². The van der Waals surface area contributed by atoms with E-state index in [4.69, 9.17) is 26.0 Å². The largest absolute Gasteiger partial charge is 0.552 e. The molecule has 1 unspecified atom stereocenters. The third-order valence-electron chi connectivity index (χ3n) is 4.93. The van der Waals surface area contributed by atoms with Gasteiger partial charge in [0.05, 0.1) is 24.5 Å². The molecule has 1 aliphatic rings. The van der Waals surface area contributed by atoms with Gasteiger partial charge in [0.2, 0.25) is 5.91 Å². The first-order chi connectivity index (χ1) is 15.0. The molecule has 1 fully saturated rings. The summed E-state index contributed by atoms with van der Waals surface area (Å²) < 4.78 is 24.8. The van der Waals surface area contributed by atoms with Crippen LogP contribution in [-0.2, 0) is 23.7 Å². The molecule has 1 aromatic carbocycles. The molecule has 1 saturated heterocycles. The minimum absolute atomic E-state index is 0.0637. The van der Waals surface area contributed by atoms with Crippen LogP contribution in [-0.4, -0.2) is 54.1 Å². The molecule has 9 nitrogen and oxygen atoms in total. The van der Waals surface area contributed by atoms with Gasteiger partial charge in [0.15, 0.2) is 5.60 Å². The van der Waals surface area contributed by atoms with Crippen molar-refractivity contribution in [1.29, 1.82) is 0 Å². The Morgan fingerprint density at radius 3 is 2.59 bits per heavy atom. The quantitative estimate of drug-likeness (QED) is 0.445. The number of carbonyl (C=O) groups excluding carboxylic acids is 3. The molecule has 1 aromatic rings. The van der Waals surface area contributed by atoms with Crippen molar-refractivity contribution in [3.8, 4) is 0 Å². The molecular weight excluding hydrogens is 445 g/mol. The second-order valence-electron chi connectivity index (χ2n) is 7.92. The van der Waals surface area contributed by atoms with Crippen molar-refractivity contribution >= 4 is 42.5 Å². The van der Waals surface area contributed by atoms with E-state index in [0.29, 0.717) is 6.42 Å². The number of hydrogen-bond acceptors (Lipinski definition) is 6. The van der Waals surface area contributed by atoms with Gasteiger partial charge in [-0.25, -0.2) is 4.39 Å². The Kier molecular flexibility index (Phi) is 8.62. The fraction of sp³-hybridized carbons (Fsp3) is 0.500. The molecule has 2 rings (SSSR count). The highest BCUT2D eigenvalue weighted by molar-refractivity contribution is 6.51. The molecule has 12 heteroatoms. The molecule has 0 spiro atoms. The van der Waals surface area contributed by atoms with Crippen molar-refractivity contribution in [2.24, 2.45) is 5.92 Å². The van der Waals surface area contributed by atoms with Gasteiger partial charge in [-0.3, -0.25) is 19.2 Å². The Hall–Kier alpha value is -2.66. The zero-order chi connectivity index (χ0) is 24.1. The van der Waals surface area contributed by atoms with Gasteiger partial charge in [0.25, 0.3) is 5.91 Å². The number of hydrogen-bond donors (Lipinski definition) is 3. The van der Waals surface area contributed by atoms with Gasteiger partial charge >= 0.3 is 19.1 Å². The van der Waals surface area contributed by atoms with Crippen LogP contribution in [0, 0.1) is 11.7 Å². The van der Waals surface area contributed by atoms with E-state index in [1.165, 1.54) is 6.07 Å². The molecule has 0 radical (unpaired) electrons. The number of halogens is 2. The number of benzene rings is 1. The number of nitrogens with one attached hydrogen (secondary N) is 2. The zero-order valence-electron chi connectivity index (χ0n) is 17.9. The van der Waals surface area contributed by atoms with Gasteiger partial charge in [-0.2, -0.15) is 0 Å². The summed E-state index contributed by atoms with van der Waals surface area (Å²) in [6, 6.07) is 3.48. The van der Waals surface area contributed by atoms with E-state index in [1.54, 1.807) is 6.92 Å². The normalized spacial score (nSPS) is 18.9.